The quantitative estimate of drug-likeness (QED) is 0.783. The first-order valence-electron chi connectivity index (χ1n) is 6.27. The van der Waals surface area contributed by atoms with Crippen LogP contribution in [-0.2, 0) is 0 Å². The lowest BCUT2D eigenvalue weighted by atomic mass is 9.89. The molecule has 3 rings (SSSR count). The molecule has 2 N–H and O–H groups in total. The summed E-state index contributed by atoms with van der Waals surface area (Å²) in [4.78, 5) is 0. The number of nitrogens with two attached hydrogens (primary N) is 1. The van der Waals surface area contributed by atoms with E-state index in [-0.39, 0.29) is 0 Å². The van der Waals surface area contributed by atoms with Gasteiger partial charge in [-0.3, -0.25) is 0 Å². The van der Waals surface area contributed by atoms with E-state index in [2.05, 4.69) is 48.5 Å². The molecule has 0 saturated carbocycles. The van der Waals surface area contributed by atoms with Crippen molar-refractivity contribution in [2.75, 3.05) is 0 Å². The first-order chi connectivity index (χ1) is 8.34. The van der Waals surface area contributed by atoms with E-state index >= 15 is 0 Å². The predicted octanol–water partition coefficient (Wildman–Crippen LogP) is 3.73. The van der Waals surface area contributed by atoms with E-state index < -0.39 is 0 Å². The topological polar surface area (TPSA) is 26.0 Å². The molecule has 0 fully saturated rings. The standard InChI is InChI=1S/C16H17N/c17-14-10-8-13(9-11-14)16-7-3-5-12-4-1-2-6-15(12)16/h1-8,14H,9-11,17H2. The fourth-order valence-electron chi connectivity index (χ4n) is 2.60. The minimum Gasteiger partial charge on any atom is -0.327 e. The molecule has 1 atom stereocenters. The van der Waals surface area contributed by atoms with Crippen molar-refractivity contribution in [3.8, 4) is 0 Å². The van der Waals surface area contributed by atoms with Crippen molar-refractivity contribution in [2.24, 2.45) is 5.73 Å². The summed E-state index contributed by atoms with van der Waals surface area (Å²) >= 11 is 0. The maximum atomic E-state index is 5.94. The van der Waals surface area contributed by atoms with Gasteiger partial charge in [-0.25, -0.2) is 0 Å². The number of hydrogen-bond donors (Lipinski definition) is 1. The lowest BCUT2D eigenvalue weighted by Gasteiger charge is -2.19. The number of benzene rings is 2. The summed E-state index contributed by atoms with van der Waals surface area (Å²) in [5.74, 6) is 0. The largest absolute Gasteiger partial charge is 0.327 e. The second-order valence-electron chi connectivity index (χ2n) is 4.79. The van der Waals surface area contributed by atoms with Crippen LogP contribution in [0.25, 0.3) is 16.3 Å². The lowest BCUT2D eigenvalue weighted by Crippen LogP contribution is -2.21. The van der Waals surface area contributed by atoms with Crippen molar-refractivity contribution in [3.05, 3.63) is 54.1 Å². The van der Waals surface area contributed by atoms with Crippen LogP contribution in [0.2, 0.25) is 0 Å². The highest BCUT2D eigenvalue weighted by molar-refractivity contribution is 5.93. The number of fused-ring (bicyclic) bond motifs is 1. The number of hydrogen-bond acceptors (Lipinski definition) is 1. The van der Waals surface area contributed by atoms with Crippen LogP contribution in [-0.4, -0.2) is 6.04 Å². The summed E-state index contributed by atoms with van der Waals surface area (Å²) in [7, 11) is 0. The SMILES string of the molecule is NC1CC=C(c2cccc3ccccc23)CC1. The third kappa shape index (κ3) is 1.98. The zero-order chi connectivity index (χ0) is 11.7. The van der Waals surface area contributed by atoms with Gasteiger partial charge in [-0.2, -0.15) is 0 Å². The van der Waals surface area contributed by atoms with Crippen LogP contribution in [0.5, 0.6) is 0 Å². The fourth-order valence-corrected chi connectivity index (χ4v) is 2.60. The van der Waals surface area contributed by atoms with Gasteiger partial charge in [0.15, 0.2) is 0 Å². The minimum atomic E-state index is 0.355. The van der Waals surface area contributed by atoms with Gasteiger partial charge in [-0.05, 0) is 41.2 Å². The first-order valence-corrected chi connectivity index (χ1v) is 6.27. The number of allylic oxidation sites excluding steroid dienone is 1. The molecule has 86 valence electrons. The van der Waals surface area contributed by atoms with E-state index in [1.165, 1.54) is 21.9 Å². The molecule has 2 aromatic carbocycles. The lowest BCUT2D eigenvalue weighted by molar-refractivity contribution is 0.615. The van der Waals surface area contributed by atoms with Gasteiger partial charge in [0.2, 0.25) is 0 Å². The Bertz CT molecular complexity index is 563. The van der Waals surface area contributed by atoms with Crippen LogP contribution in [0.3, 0.4) is 0 Å². The van der Waals surface area contributed by atoms with Crippen LogP contribution in [0.1, 0.15) is 24.8 Å². The third-order valence-electron chi connectivity index (χ3n) is 3.59. The van der Waals surface area contributed by atoms with Crippen molar-refractivity contribution >= 4 is 16.3 Å². The van der Waals surface area contributed by atoms with Gasteiger partial charge in [0.25, 0.3) is 0 Å². The fraction of sp³-hybridized carbons (Fsp3) is 0.250. The Balaban J connectivity index is 2.11. The van der Waals surface area contributed by atoms with E-state index in [1.54, 1.807) is 0 Å². The van der Waals surface area contributed by atoms with E-state index in [4.69, 9.17) is 5.73 Å². The summed E-state index contributed by atoms with van der Waals surface area (Å²) in [6.07, 6.45) is 5.54. The van der Waals surface area contributed by atoms with Gasteiger partial charge in [0.05, 0.1) is 0 Å². The van der Waals surface area contributed by atoms with E-state index in [0.717, 1.165) is 19.3 Å². The highest BCUT2D eigenvalue weighted by Gasteiger charge is 2.13. The molecule has 0 radical (unpaired) electrons. The molecule has 0 amide bonds. The summed E-state index contributed by atoms with van der Waals surface area (Å²) in [6.45, 7) is 0. The Kier molecular flexibility index (Phi) is 2.69. The van der Waals surface area contributed by atoms with Crippen molar-refractivity contribution in [3.63, 3.8) is 0 Å². The summed E-state index contributed by atoms with van der Waals surface area (Å²) in [6, 6.07) is 15.5. The van der Waals surface area contributed by atoms with Crippen LogP contribution in [0.15, 0.2) is 48.5 Å². The van der Waals surface area contributed by atoms with E-state index in [9.17, 15) is 0 Å². The molecule has 0 heterocycles. The van der Waals surface area contributed by atoms with Crippen LogP contribution >= 0.6 is 0 Å². The first kappa shape index (κ1) is 10.5. The molecule has 17 heavy (non-hydrogen) atoms. The molecule has 0 aromatic heterocycles. The molecule has 1 heteroatoms. The molecular formula is C16H17N. The Morgan fingerprint density at radius 3 is 2.65 bits per heavy atom. The highest BCUT2D eigenvalue weighted by atomic mass is 14.6. The van der Waals surface area contributed by atoms with Gasteiger partial charge in [0, 0.05) is 6.04 Å². The van der Waals surface area contributed by atoms with Gasteiger partial charge in [-0.15, -0.1) is 0 Å². The maximum Gasteiger partial charge on any atom is 0.00767 e. The number of rotatable bonds is 1. The molecule has 1 aliphatic carbocycles. The molecule has 1 unspecified atom stereocenters. The van der Waals surface area contributed by atoms with Gasteiger partial charge in [0.1, 0.15) is 0 Å². The Morgan fingerprint density at radius 1 is 1.00 bits per heavy atom. The third-order valence-corrected chi connectivity index (χ3v) is 3.59. The second kappa shape index (κ2) is 4.34. The predicted molar refractivity (Wildman–Crippen MR) is 73.8 cm³/mol. The molecular weight excluding hydrogens is 206 g/mol. The Morgan fingerprint density at radius 2 is 1.82 bits per heavy atom. The summed E-state index contributed by atoms with van der Waals surface area (Å²) < 4.78 is 0. The monoisotopic (exact) mass is 223 g/mol. The highest BCUT2D eigenvalue weighted by Crippen LogP contribution is 2.31. The van der Waals surface area contributed by atoms with Crippen molar-refractivity contribution in [2.45, 2.75) is 25.3 Å². The minimum absolute atomic E-state index is 0.355. The Hall–Kier alpha value is -1.60. The average molecular weight is 223 g/mol. The smallest absolute Gasteiger partial charge is 0.00767 e. The molecule has 1 aliphatic rings. The molecule has 0 bridgehead atoms. The zero-order valence-electron chi connectivity index (χ0n) is 9.89. The van der Waals surface area contributed by atoms with Crippen molar-refractivity contribution in [1.82, 2.24) is 0 Å². The average Bonchev–Trinajstić information content (AvgIpc) is 2.39. The van der Waals surface area contributed by atoms with E-state index in [0.29, 0.717) is 6.04 Å². The molecule has 0 spiro atoms. The maximum absolute atomic E-state index is 5.94. The summed E-state index contributed by atoms with van der Waals surface area (Å²) in [5.41, 5.74) is 8.79. The molecule has 1 nitrogen and oxygen atoms in total. The normalized spacial score (nSPS) is 20.3. The van der Waals surface area contributed by atoms with Crippen LogP contribution < -0.4 is 5.73 Å². The van der Waals surface area contributed by atoms with Gasteiger partial charge in [-0.1, -0.05) is 48.5 Å². The molecule has 2 aromatic rings. The molecule has 0 saturated heterocycles. The zero-order valence-corrected chi connectivity index (χ0v) is 9.89. The second-order valence-corrected chi connectivity index (χ2v) is 4.79. The van der Waals surface area contributed by atoms with Crippen LogP contribution in [0.4, 0.5) is 0 Å². The van der Waals surface area contributed by atoms with Crippen LogP contribution in [0, 0.1) is 0 Å². The van der Waals surface area contributed by atoms with E-state index in [1.807, 2.05) is 0 Å². The van der Waals surface area contributed by atoms with Crippen molar-refractivity contribution in [1.29, 1.82) is 0 Å². The Labute approximate surface area is 102 Å². The van der Waals surface area contributed by atoms with Gasteiger partial charge >= 0.3 is 0 Å². The molecule has 0 aliphatic heterocycles. The summed E-state index contributed by atoms with van der Waals surface area (Å²) in [5, 5.41) is 2.68. The van der Waals surface area contributed by atoms with Crippen molar-refractivity contribution < 1.29 is 0 Å². The van der Waals surface area contributed by atoms with Gasteiger partial charge < -0.3 is 5.73 Å².